The minimum Gasteiger partial charge on any atom is -0.465 e. The summed E-state index contributed by atoms with van der Waals surface area (Å²) in [6, 6.07) is 9.92. The van der Waals surface area contributed by atoms with Gasteiger partial charge in [-0.3, -0.25) is 4.98 Å². The third-order valence-electron chi connectivity index (χ3n) is 6.63. The van der Waals surface area contributed by atoms with E-state index in [1.165, 1.54) is 0 Å². The van der Waals surface area contributed by atoms with Crippen molar-refractivity contribution in [2.24, 2.45) is 0 Å². The molecular formula is C26H31N5O5. The molecule has 10 nitrogen and oxygen atoms in total. The summed E-state index contributed by atoms with van der Waals surface area (Å²) in [6.45, 7) is 7.35. The lowest BCUT2D eigenvalue weighted by Crippen LogP contribution is -2.65. The van der Waals surface area contributed by atoms with Crippen LogP contribution in [0, 0.1) is 0 Å². The highest BCUT2D eigenvalue weighted by Crippen LogP contribution is 2.37. The summed E-state index contributed by atoms with van der Waals surface area (Å²) in [6.07, 6.45) is 3.41. The fraction of sp³-hybridized carbons (Fsp3) is 0.462. The molecule has 0 atom stereocenters. The second kappa shape index (κ2) is 9.51. The molecule has 1 fully saturated rings. The third-order valence-corrected chi connectivity index (χ3v) is 6.63. The number of hydrogen-bond donors (Lipinski definition) is 2. The molecule has 2 aliphatic rings. The summed E-state index contributed by atoms with van der Waals surface area (Å²) in [7, 11) is 0. The zero-order valence-electron chi connectivity index (χ0n) is 20.8. The number of rotatable bonds is 7. The van der Waals surface area contributed by atoms with Crippen molar-refractivity contribution in [2.45, 2.75) is 51.4 Å². The molecule has 1 aromatic carbocycles. The molecule has 4 heterocycles. The van der Waals surface area contributed by atoms with E-state index in [9.17, 15) is 9.90 Å². The molecule has 0 saturated carbocycles. The van der Waals surface area contributed by atoms with Gasteiger partial charge >= 0.3 is 6.09 Å². The van der Waals surface area contributed by atoms with Crippen LogP contribution in [0.1, 0.15) is 38.4 Å². The first kappa shape index (κ1) is 24.2. The summed E-state index contributed by atoms with van der Waals surface area (Å²) in [4.78, 5) is 22.9. The van der Waals surface area contributed by atoms with Crippen molar-refractivity contribution < 1.29 is 23.9 Å². The minimum atomic E-state index is -1.10. The largest absolute Gasteiger partial charge is 0.465 e. The molecule has 1 amide bonds. The molecule has 2 aromatic heterocycles. The molecule has 2 aliphatic heterocycles. The Balaban J connectivity index is 1.38. The number of carboxylic acid groups (broad SMARTS) is 1. The fourth-order valence-corrected chi connectivity index (χ4v) is 4.78. The summed E-state index contributed by atoms with van der Waals surface area (Å²) in [5.41, 5.74) is 3.96. The van der Waals surface area contributed by atoms with Gasteiger partial charge in [0, 0.05) is 36.2 Å². The van der Waals surface area contributed by atoms with Gasteiger partial charge < -0.3 is 29.3 Å². The van der Waals surface area contributed by atoms with E-state index in [4.69, 9.17) is 14.0 Å². The maximum absolute atomic E-state index is 11.6. The van der Waals surface area contributed by atoms with Crippen molar-refractivity contribution in [1.82, 2.24) is 20.4 Å². The third kappa shape index (κ3) is 4.91. The number of aryl methyl sites for hydroxylation is 1. The Kier molecular flexibility index (Phi) is 6.40. The number of anilines is 1. The zero-order valence-corrected chi connectivity index (χ0v) is 20.8. The van der Waals surface area contributed by atoms with E-state index >= 15 is 0 Å². The molecule has 5 rings (SSSR count). The monoisotopic (exact) mass is 493 g/mol. The van der Waals surface area contributed by atoms with Gasteiger partial charge in [0.2, 0.25) is 5.82 Å². The van der Waals surface area contributed by atoms with Gasteiger partial charge in [0.1, 0.15) is 5.54 Å². The number of fused-ring (bicyclic) bond motifs is 1. The van der Waals surface area contributed by atoms with Gasteiger partial charge in [0.25, 0.3) is 5.89 Å². The summed E-state index contributed by atoms with van der Waals surface area (Å²) < 4.78 is 17.2. The predicted octanol–water partition coefficient (Wildman–Crippen LogP) is 3.90. The van der Waals surface area contributed by atoms with Crippen molar-refractivity contribution in [3.8, 4) is 22.8 Å². The first-order valence-corrected chi connectivity index (χ1v) is 12.2. The molecule has 0 radical (unpaired) electrons. The number of benzene rings is 1. The standard InChI is InChI=1S/C26H31N5O5/c1-4-6-18-10-9-17(13-27-18)23-28-22(30-36-23)20-7-5-8-21-19(20)11-12-31(21)14-26(29-24(32)33)15-34-25(2,3)35-16-26/h5,7-10,13,29H,4,6,11-12,14-16H2,1-3H3,(H,32,33). The molecule has 10 heteroatoms. The van der Waals surface area contributed by atoms with Crippen LogP contribution in [0.25, 0.3) is 22.8 Å². The van der Waals surface area contributed by atoms with Gasteiger partial charge in [-0.2, -0.15) is 4.98 Å². The van der Waals surface area contributed by atoms with Crippen molar-refractivity contribution in [2.75, 3.05) is 31.2 Å². The maximum Gasteiger partial charge on any atom is 0.405 e. The Morgan fingerprint density at radius 1 is 1.19 bits per heavy atom. The number of nitrogens with zero attached hydrogens (tertiary/aromatic N) is 4. The number of hydrogen-bond acceptors (Lipinski definition) is 8. The van der Waals surface area contributed by atoms with E-state index in [-0.39, 0.29) is 13.2 Å². The van der Waals surface area contributed by atoms with Crippen LogP contribution in [0.2, 0.25) is 0 Å². The lowest BCUT2D eigenvalue weighted by atomic mass is 9.99. The van der Waals surface area contributed by atoms with E-state index in [2.05, 4.69) is 32.3 Å². The van der Waals surface area contributed by atoms with Crippen LogP contribution in [-0.2, 0) is 22.3 Å². The van der Waals surface area contributed by atoms with E-state index < -0.39 is 17.4 Å². The van der Waals surface area contributed by atoms with E-state index in [0.717, 1.165) is 53.9 Å². The minimum absolute atomic E-state index is 0.219. The van der Waals surface area contributed by atoms with Crippen LogP contribution in [0.5, 0.6) is 0 Å². The first-order valence-electron chi connectivity index (χ1n) is 12.2. The fourth-order valence-electron chi connectivity index (χ4n) is 4.78. The summed E-state index contributed by atoms with van der Waals surface area (Å²) in [5, 5.41) is 16.4. The second-order valence-corrected chi connectivity index (χ2v) is 9.87. The van der Waals surface area contributed by atoms with Gasteiger partial charge in [-0.15, -0.1) is 0 Å². The maximum atomic E-state index is 11.6. The highest BCUT2D eigenvalue weighted by Gasteiger charge is 2.43. The number of aromatic nitrogens is 3. The summed E-state index contributed by atoms with van der Waals surface area (Å²) in [5.74, 6) is 0.199. The quantitative estimate of drug-likeness (QED) is 0.504. The lowest BCUT2D eigenvalue weighted by molar-refractivity contribution is -0.268. The van der Waals surface area contributed by atoms with Gasteiger partial charge in [-0.1, -0.05) is 30.6 Å². The van der Waals surface area contributed by atoms with E-state index in [1.807, 2.05) is 44.2 Å². The van der Waals surface area contributed by atoms with Crippen molar-refractivity contribution in [3.05, 3.63) is 47.8 Å². The number of ether oxygens (including phenoxy) is 2. The number of carbonyl (C=O) groups is 1. The summed E-state index contributed by atoms with van der Waals surface area (Å²) >= 11 is 0. The molecule has 2 N–H and O–H groups in total. The molecule has 3 aromatic rings. The van der Waals surface area contributed by atoms with Gasteiger partial charge in [-0.05, 0) is 50.5 Å². The van der Waals surface area contributed by atoms with Crippen molar-refractivity contribution in [1.29, 1.82) is 0 Å². The molecule has 0 unspecified atom stereocenters. The van der Waals surface area contributed by atoms with Gasteiger partial charge in [0.15, 0.2) is 5.79 Å². The van der Waals surface area contributed by atoms with Gasteiger partial charge in [-0.25, -0.2) is 4.79 Å². The predicted molar refractivity (Wildman–Crippen MR) is 133 cm³/mol. The van der Waals surface area contributed by atoms with Crippen LogP contribution >= 0.6 is 0 Å². The van der Waals surface area contributed by atoms with E-state index in [1.54, 1.807) is 6.20 Å². The van der Waals surface area contributed by atoms with Crippen LogP contribution in [0.15, 0.2) is 41.1 Å². The molecule has 36 heavy (non-hydrogen) atoms. The van der Waals surface area contributed by atoms with Crippen LogP contribution in [-0.4, -0.2) is 64.0 Å². The Morgan fingerprint density at radius 3 is 2.69 bits per heavy atom. The molecule has 0 aliphatic carbocycles. The Bertz CT molecular complexity index is 1230. The average molecular weight is 494 g/mol. The van der Waals surface area contributed by atoms with Crippen molar-refractivity contribution in [3.63, 3.8) is 0 Å². The second-order valence-electron chi connectivity index (χ2n) is 9.87. The van der Waals surface area contributed by atoms with Gasteiger partial charge in [0.05, 0.1) is 18.8 Å². The molecule has 0 bridgehead atoms. The molecule has 190 valence electrons. The number of amides is 1. The van der Waals surface area contributed by atoms with Crippen LogP contribution < -0.4 is 10.2 Å². The first-order chi connectivity index (χ1) is 17.3. The average Bonchev–Trinajstić information content (AvgIpc) is 3.49. The normalized spacial score (nSPS) is 18.1. The molecule has 1 saturated heterocycles. The zero-order chi connectivity index (χ0) is 25.3. The van der Waals surface area contributed by atoms with Crippen molar-refractivity contribution >= 4 is 11.8 Å². The Hall–Kier alpha value is -3.50. The SMILES string of the molecule is CCCc1ccc(-c2nc(-c3cccc4c3CCN4CC3(NC(=O)O)COC(C)(C)OC3)no2)cn1. The Labute approximate surface area is 209 Å². The topological polar surface area (TPSA) is 123 Å². The number of pyridine rings is 1. The Morgan fingerprint density at radius 2 is 2.00 bits per heavy atom. The lowest BCUT2D eigenvalue weighted by Gasteiger charge is -2.45. The molecular weight excluding hydrogens is 462 g/mol. The smallest absolute Gasteiger partial charge is 0.405 e. The van der Waals surface area contributed by atoms with E-state index in [0.29, 0.717) is 18.3 Å². The highest BCUT2D eigenvalue weighted by molar-refractivity contribution is 5.74. The number of nitrogens with one attached hydrogen (secondary N) is 1. The molecule has 0 spiro atoms. The van der Waals surface area contributed by atoms with Crippen LogP contribution in [0.4, 0.5) is 10.5 Å². The van der Waals surface area contributed by atoms with Crippen LogP contribution in [0.3, 0.4) is 0 Å². The highest BCUT2D eigenvalue weighted by atomic mass is 16.7.